The highest BCUT2D eigenvalue weighted by Gasteiger charge is 2.29. The SMILES string of the molecule is COc1cc(C(=O)O)c(C(O)C(O)CCNC(=O)OCC2c3ccccc3-c3ccccc32)cc1OC. The molecule has 0 spiro atoms. The molecule has 1 aliphatic rings. The lowest BCUT2D eigenvalue weighted by molar-refractivity contribution is 0.0126. The lowest BCUT2D eigenvalue weighted by Gasteiger charge is -2.21. The number of carbonyl (C=O) groups excluding carboxylic acids is 1. The largest absolute Gasteiger partial charge is 0.493 e. The number of ether oxygens (including phenoxy) is 3. The number of amides is 1. The quantitative estimate of drug-likeness (QED) is 0.326. The Hall–Kier alpha value is -4.08. The fourth-order valence-electron chi connectivity index (χ4n) is 4.66. The van der Waals surface area contributed by atoms with Crippen molar-refractivity contribution in [2.24, 2.45) is 0 Å². The number of carbonyl (C=O) groups is 2. The van der Waals surface area contributed by atoms with E-state index >= 15 is 0 Å². The molecule has 2 unspecified atom stereocenters. The van der Waals surface area contributed by atoms with Crippen LogP contribution in [0, 0.1) is 0 Å². The van der Waals surface area contributed by atoms with E-state index < -0.39 is 24.3 Å². The van der Waals surface area contributed by atoms with Crippen molar-refractivity contribution in [2.75, 3.05) is 27.4 Å². The molecule has 0 saturated carbocycles. The number of methoxy groups -OCH3 is 2. The van der Waals surface area contributed by atoms with Crippen molar-refractivity contribution in [3.05, 3.63) is 82.9 Å². The average molecular weight is 508 g/mol. The summed E-state index contributed by atoms with van der Waals surface area (Å²) in [5.74, 6) is -0.975. The number of carboxylic acids is 1. The molecule has 1 aliphatic carbocycles. The van der Waals surface area contributed by atoms with Crippen molar-refractivity contribution < 1.29 is 39.1 Å². The number of hydrogen-bond acceptors (Lipinski definition) is 7. The monoisotopic (exact) mass is 507 g/mol. The molecule has 0 bridgehead atoms. The van der Waals surface area contributed by atoms with Crippen LogP contribution in [0.2, 0.25) is 0 Å². The standard InChI is InChI=1S/C28H29NO8/c1-35-24-13-20(21(27(32)33)14-25(24)36-2)26(31)23(30)11-12-29-28(34)37-15-22-18-9-5-3-7-16(18)17-8-4-6-10-19(17)22/h3-10,13-14,22-23,26,30-31H,11-12,15H2,1-2H3,(H,29,34)(H,32,33). The average Bonchev–Trinajstić information content (AvgIpc) is 3.24. The van der Waals surface area contributed by atoms with Gasteiger partial charge in [0.2, 0.25) is 0 Å². The van der Waals surface area contributed by atoms with E-state index in [1.165, 1.54) is 26.4 Å². The van der Waals surface area contributed by atoms with Gasteiger partial charge in [-0.1, -0.05) is 48.5 Å². The molecule has 2 atom stereocenters. The van der Waals surface area contributed by atoms with Crippen molar-refractivity contribution in [3.63, 3.8) is 0 Å². The van der Waals surface area contributed by atoms with Crippen LogP contribution >= 0.6 is 0 Å². The van der Waals surface area contributed by atoms with E-state index in [0.29, 0.717) is 0 Å². The van der Waals surface area contributed by atoms with E-state index in [-0.39, 0.29) is 48.1 Å². The number of aromatic carboxylic acids is 1. The van der Waals surface area contributed by atoms with Gasteiger partial charge in [0.1, 0.15) is 12.7 Å². The Morgan fingerprint density at radius 2 is 1.49 bits per heavy atom. The lowest BCUT2D eigenvalue weighted by atomic mass is 9.96. The maximum atomic E-state index is 12.4. The molecule has 0 fully saturated rings. The fourth-order valence-corrected chi connectivity index (χ4v) is 4.66. The van der Waals surface area contributed by atoms with Gasteiger partial charge in [-0.05, 0) is 40.8 Å². The Morgan fingerprint density at radius 1 is 0.919 bits per heavy atom. The van der Waals surface area contributed by atoms with Gasteiger partial charge in [-0.3, -0.25) is 0 Å². The predicted octanol–water partition coefficient (Wildman–Crippen LogP) is 3.73. The van der Waals surface area contributed by atoms with Crippen molar-refractivity contribution in [3.8, 4) is 22.6 Å². The summed E-state index contributed by atoms with van der Waals surface area (Å²) in [5, 5.41) is 33.3. The van der Waals surface area contributed by atoms with E-state index in [0.717, 1.165) is 22.3 Å². The van der Waals surface area contributed by atoms with Crippen LogP contribution < -0.4 is 14.8 Å². The topological polar surface area (TPSA) is 135 Å². The molecule has 1 amide bonds. The number of aliphatic hydroxyl groups is 2. The molecule has 0 aromatic heterocycles. The first-order chi connectivity index (χ1) is 17.8. The highest BCUT2D eigenvalue weighted by molar-refractivity contribution is 5.90. The second-order valence-corrected chi connectivity index (χ2v) is 8.65. The van der Waals surface area contributed by atoms with Gasteiger partial charge in [0, 0.05) is 18.0 Å². The van der Waals surface area contributed by atoms with E-state index in [1.807, 2.05) is 36.4 Å². The molecule has 0 radical (unpaired) electrons. The van der Waals surface area contributed by atoms with Gasteiger partial charge in [-0.15, -0.1) is 0 Å². The zero-order chi connectivity index (χ0) is 26.5. The van der Waals surface area contributed by atoms with Gasteiger partial charge in [0.15, 0.2) is 11.5 Å². The van der Waals surface area contributed by atoms with E-state index in [2.05, 4.69) is 17.4 Å². The summed E-state index contributed by atoms with van der Waals surface area (Å²) < 4.78 is 15.8. The first kappa shape index (κ1) is 26.0. The second-order valence-electron chi connectivity index (χ2n) is 8.65. The van der Waals surface area contributed by atoms with Crippen molar-refractivity contribution >= 4 is 12.1 Å². The zero-order valence-corrected chi connectivity index (χ0v) is 20.5. The summed E-state index contributed by atoms with van der Waals surface area (Å²) in [7, 11) is 2.74. The third-order valence-corrected chi connectivity index (χ3v) is 6.52. The van der Waals surface area contributed by atoms with Crippen LogP contribution in [-0.4, -0.2) is 60.9 Å². The van der Waals surface area contributed by atoms with Crippen LogP contribution in [0.1, 0.15) is 45.5 Å². The first-order valence-electron chi connectivity index (χ1n) is 11.8. The zero-order valence-electron chi connectivity index (χ0n) is 20.5. The summed E-state index contributed by atoms with van der Waals surface area (Å²) in [6.07, 6.45) is -3.58. The van der Waals surface area contributed by atoms with E-state index in [4.69, 9.17) is 14.2 Å². The van der Waals surface area contributed by atoms with Crippen LogP contribution in [0.5, 0.6) is 11.5 Å². The molecule has 0 saturated heterocycles. The Kier molecular flexibility index (Phi) is 7.95. The fraction of sp³-hybridized carbons (Fsp3) is 0.286. The minimum absolute atomic E-state index is 0.00456. The molecule has 9 nitrogen and oxygen atoms in total. The number of fused-ring (bicyclic) bond motifs is 3. The molecule has 37 heavy (non-hydrogen) atoms. The second kappa shape index (κ2) is 11.3. The number of nitrogens with one attached hydrogen (secondary N) is 1. The number of rotatable bonds is 10. The minimum atomic E-state index is -1.53. The Morgan fingerprint density at radius 3 is 2.05 bits per heavy atom. The van der Waals surface area contributed by atoms with Crippen LogP contribution in [0.4, 0.5) is 4.79 Å². The number of alkyl carbamates (subject to hydrolysis) is 1. The molecule has 0 aliphatic heterocycles. The number of carboxylic acid groups (broad SMARTS) is 1. The van der Waals surface area contributed by atoms with Crippen LogP contribution in [-0.2, 0) is 4.74 Å². The van der Waals surface area contributed by atoms with Crippen LogP contribution in [0.25, 0.3) is 11.1 Å². The van der Waals surface area contributed by atoms with Gasteiger partial charge in [0.05, 0.1) is 25.9 Å². The molecule has 4 N–H and O–H groups in total. The van der Waals surface area contributed by atoms with Crippen molar-refractivity contribution in [1.29, 1.82) is 0 Å². The summed E-state index contributed by atoms with van der Waals surface area (Å²) in [6.45, 7) is 0.156. The summed E-state index contributed by atoms with van der Waals surface area (Å²) >= 11 is 0. The highest BCUT2D eigenvalue weighted by atomic mass is 16.5. The van der Waals surface area contributed by atoms with Crippen LogP contribution in [0.15, 0.2) is 60.7 Å². The minimum Gasteiger partial charge on any atom is -0.493 e. The van der Waals surface area contributed by atoms with Gasteiger partial charge in [-0.2, -0.15) is 0 Å². The van der Waals surface area contributed by atoms with Gasteiger partial charge < -0.3 is 34.8 Å². The number of benzene rings is 3. The molecule has 9 heteroatoms. The smallest absolute Gasteiger partial charge is 0.407 e. The predicted molar refractivity (Wildman–Crippen MR) is 135 cm³/mol. The Bertz CT molecular complexity index is 1250. The summed E-state index contributed by atoms with van der Waals surface area (Å²) in [4.78, 5) is 24.0. The molecular formula is C28H29NO8. The van der Waals surface area contributed by atoms with Crippen LogP contribution in [0.3, 0.4) is 0 Å². The summed E-state index contributed by atoms with van der Waals surface area (Å²) in [5.41, 5.74) is 4.19. The van der Waals surface area contributed by atoms with Gasteiger partial charge in [-0.25, -0.2) is 9.59 Å². The van der Waals surface area contributed by atoms with Gasteiger partial charge >= 0.3 is 12.1 Å². The molecule has 0 heterocycles. The molecule has 4 rings (SSSR count). The first-order valence-corrected chi connectivity index (χ1v) is 11.8. The maximum Gasteiger partial charge on any atom is 0.407 e. The number of hydrogen-bond donors (Lipinski definition) is 4. The molecule has 3 aromatic carbocycles. The van der Waals surface area contributed by atoms with E-state index in [1.54, 1.807) is 0 Å². The van der Waals surface area contributed by atoms with Crippen molar-refractivity contribution in [2.45, 2.75) is 24.5 Å². The number of aliphatic hydroxyl groups excluding tert-OH is 2. The normalized spacial score (nSPS) is 13.7. The summed E-state index contributed by atoms with van der Waals surface area (Å²) in [6, 6.07) is 18.6. The van der Waals surface area contributed by atoms with Gasteiger partial charge in [0.25, 0.3) is 0 Å². The maximum absolute atomic E-state index is 12.4. The lowest BCUT2D eigenvalue weighted by Crippen LogP contribution is -2.31. The van der Waals surface area contributed by atoms with Crippen molar-refractivity contribution in [1.82, 2.24) is 5.32 Å². The third-order valence-electron chi connectivity index (χ3n) is 6.52. The third kappa shape index (κ3) is 5.37. The van der Waals surface area contributed by atoms with E-state index in [9.17, 15) is 24.9 Å². The molecule has 3 aromatic rings. The molecule has 194 valence electrons. The highest BCUT2D eigenvalue weighted by Crippen LogP contribution is 2.44. The Balaban J connectivity index is 1.34. The Labute approximate surface area is 214 Å². The molecular weight excluding hydrogens is 478 g/mol.